The van der Waals surface area contributed by atoms with Crippen molar-refractivity contribution >= 4 is 0 Å². The predicted octanol–water partition coefficient (Wildman–Crippen LogP) is 1.74. The van der Waals surface area contributed by atoms with E-state index in [1.54, 1.807) is 0 Å². The molecule has 0 radical (unpaired) electrons. The van der Waals surface area contributed by atoms with E-state index in [0.717, 1.165) is 24.4 Å². The van der Waals surface area contributed by atoms with Gasteiger partial charge in [-0.3, -0.25) is 0 Å². The van der Waals surface area contributed by atoms with Crippen molar-refractivity contribution in [2.45, 2.75) is 39.2 Å². The van der Waals surface area contributed by atoms with Gasteiger partial charge >= 0.3 is 0 Å². The molecule has 1 rings (SSSR count). The molecule has 1 fully saturated rings. The van der Waals surface area contributed by atoms with Gasteiger partial charge in [0.05, 0.1) is 6.61 Å². The summed E-state index contributed by atoms with van der Waals surface area (Å²) in [6, 6.07) is 0.738. The Morgan fingerprint density at radius 2 is 2.15 bits per heavy atom. The predicted molar refractivity (Wildman–Crippen MR) is 55.7 cm³/mol. The second-order valence-electron chi connectivity index (χ2n) is 4.40. The highest BCUT2D eigenvalue weighted by Gasteiger charge is 2.36. The molecular formula is C11H23NO. The maximum Gasteiger partial charge on any atom is 0.0558 e. The van der Waals surface area contributed by atoms with Crippen molar-refractivity contribution < 1.29 is 5.11 Å². The highest BCUT2D eigenvalue weighted by atomic mass is 16.3. The van der Waals surface area contributed by atoms with Gasteiger partial charge in [-0.25, -0.2) is 0 Å². The zero-order chi connectivity index (χ0) is 9.84. The molecule has 1 aliphatic rings. The van der Waals surface area contributed by atoms with Crippen LogP contribution in [-0.2, 0) is 0 Å². The zero-order valence-electron chi connectivity index (χ0n) is 9.16. The fourth-order valence-corrected chi connectivity index (χ4v) is 2.35. The Hall–Kier alpha value is -0.0800. The molecule has 0 bridgehead atoms. The lowest BCUT2D eigenvalue weighted by molar-refractivity contribution is 0.0374. The first-order chi connectivity index (χ1) is 6.20. The van der Waals surface area contributed by atoms with Crippen molar-refractivity contribution in [2.24, 2.45) is 11.8 Å². The molecule has 0 aliphatic heterocycles. The minimum atomic E-state index is 0.292. The first-order valence-corrected chi connectivity index (χ1v) is 5.51. The third-order valence-corrected chi connectivity index (χ3v) is 3.68. The molecule has 78 valence electrons. The lowest BCUT2D eigenvalue weighted by atomic mass is 9.70. The highest BCUT2D eigenvalue weighted by molar-refractivity contribution is 4.89. The third kappa shape index (κ3) is 2.44. The van der Waals surface area contributed by atoms with Gasteiger partial charge in [-0.1, -0.05) is 20.3 Å². The number of hydrogen-bond donors (Lipinski definition) is 1. The zero-order valence-corrected chi connectivity index (χ0v) is 9.16. The van der Waals surface area contributed by atoms with Crippen molar-refractivity contribution in [1.82, 2.24) is 4.90 Å². The van der Waals surface area contributed by atoms with Crippen LogP contribution in [0.5, 0.6) is 0 Å². The molecule has 3 unspecified atom stereocenters. The van der Waals surface area contributed by atoms with Gasteiger partial charge in [0, 0.05) is 12.6 Å². The SMILES string of the molecule is CCC(C)C1CCC1N(C)CCO. The molecule has 1 aliphatic carbocycles. The molecule has 2 nitrogen and oxygen atoms in total. The van der Waals surface area contributed by atoms with Gasteiger partial charge < -0.3 is 10.0 Å². The smallest absolute Gasteiger partial charge is 0.0558 e. The van der Waals surface area contributed by atoms with Crippen LogP contribution in [0.2, 0.25) is 0 Å². The van der Waals surface area contributed by atoms with Crippen molar-refractivity contribution in [2.75, 3.05) is 20.2 Å². The molecule has 0 saturated heterocycles. The summed E-state index contributed by atoms with van der Waals surface area (Å²) in [6.07, 6.45) is 4.00. The molecule has 0 aromatic heterocycles. The van der Waals surface area contributed by atoms with Gasteiger partial charge in [0.15, 0.2) is 0 Å². The minimum absolute atomic E-state index is 0.292. The lowest BCUT2D eigenvalue weighted by Crippen LogP contribution is -2.48. The fraction of sp³-hybridized carbons (Fsp3) is 1.00. The Bertz CT molecular complexity index is 149. The number of rotatable bonds is 5. The molecular weight excluding hydrogens is 162 g/mol. The summed E-state index contributed by atoms with van der Waals surface area (Å²) in [5.41, 5.74) is 0. The maximum absolute atomic E-state index is 8.85. The fourth-order valence-electron chi connectivity index (χ4n) is 2.35. The molecule has 1 N–H and O–H groups in total. The van der Waals surface area contributed by atoms with Gasteiger partial charge in [0.1, 0.15) is 0 Å². The number of aliphatic hydroxyl groups is 1. The normalized spacial score (nSPS) is 30.2. The highest BCUT2D eigenvalue weighted by Crippen LogP contribution is 2.38. The summed E-state index contributed by atoms with van der Waals surface area (Å²) in [7, 11) is 2.13. The molecule has 0 heterocycles. The average molecular weight is 185 g/mol. The topological polar surface area (TPSA) is 23.5 Å². The maximum atomic E-state index is 8.85. The van der Waals surface area contributed by atoms with E-state index in [1.807, 2.05) is 0 Å². The van der Waals surface area contributed by atoms with E-state index in [-0.39, 0.29) is 0 Å². The number of hydrogen-bond acceptors (Lipinski definition) is 2. The third-order valence-electron chi connectivity index (χ3n) is 3.68. The van der Waals surface area contributed by atoms with Crippen LogP contribution in [0.15, 0.2) is 0 Å². The largest absolute Gasteiger partial charge is 0.395 e. The second kappa shape index (κ2) is 4.97. The van der Waals surface area contributed by atoms with E-state index in [9.17, 15) is 0 Å². The standard InChI is InChI=1S/C11H23NO/c1-4-9(2)10-5-6-11(10)12(3)7-8-13/h9-11,13H,4-8H2,1-3H3. The lowest BCUT2D eigenvalue weighted by Gasteiger charge is -2.45. The molecule has 3 atom stereocenters. The van der Waals surface area contributed by atoms with Crippen molar-refractivity contribution in [3.8, 4) is 0 Å². The Morgan fingerprint density at radius 1 is 1.46 bits per heavy atom. The number of nitrogens with zero attached hydrogens (tertiary/aromatic N) is 1. The van der Waals surface area contributed by atoms with E-state index < -0.39 is 0 Å². The van der Waals surface area contributed by atoms with Crippen molar-refractivity contribution in [1.29, 1.82) is 0 Å². The van der Waals surface area contributed by atoms with Crippen LogP contribution in [-0.4, -0.2) is 36.2 Å². The minimum Gasteiger partial charge on any atom is -0.395 e. The molecule has 0 aromatic carbocycles. The van der Waals surface area contributed by atoms with E-state index in [2.05, 4.69) is 25.8 Å². The van der Waals surface area contributed by atoms with Gasteiger partial charge in [0.25, 0.3) is 0 Å². The van der Waals surface area contributed by atoms with E-state index in [1.165, 1.54) is 19.3 Å². The summed E-state index contributed by atoms with van der Waals surface area (Å²) in [6.45, 7) is 5.74. The van der Waals surface area contributed by atoms with Gasteiger partial charge in [-0.05, 0) is 31.7 Å². The van der Waals surface area contributed by atoms with Crippen LogP contribution in [0.1, 0.15) is 33.1 Å². The molecule has 0 aromatic rings. The first kappa shape index (κ1) is 11.0. The van der Waals surface area contributed by atoms with Crippen molar-refractivity contribution in [3.63, 3.8) is 0 Å². The van der Waals surface area contributed by atoms with Gasteiger partial charge in [-0.2, -0.15) is 0 Å². The summed E-state index contributed by atoms with van der Waals surface area (Å²) >= 11 is 0. The monoisotopic (exact) mass is 185 g/mol. The summed E-state index contributed by atoms with van der Waals surface area (Å²) < 4.78 is 0. The van der Waals surface area contributed by atoms with Crippen LogP contribution < -0.4 is 0 Å². The van der Waals surface area contributed by atoms with Crippen LogP contribution >= 0.6 is 0 Å². The first-order valence-electron chi connectivity index (χ1n) is 5.51. The Balaban J connectivity index is 2.35. The second-order valence-corrected chi connectivity index (χ2v) is 4.40. The van der Waals surface area contributed by atoms with E-state index in [0.29, 0.717) is 6.61 Å². The summed E-state index contributed by atoms with van der Waals surface area (Å²) in [5.74, 6) is 1.72. The summed E-state index contributed by atoms with van der Waals surface area (Å²) in [5, 5.41) is 8.85. The van der Waals surface area contributed by atoms with Crippen LogP contribution in [0.25, 0.3) is 0 Å². The van der Waals surface area contributed by atoms with Gasteiger partial charge in [-0.15, -0.1) is 0 Å². The molecule has 2 heteroatoms. The Morgan fingerprint density at radius 3 is 2.54 bits per heavy atom. The number of aliphatic hydroxyl groups excluding tert-OH is 1. The van der Waals surface area contributed by atoms with Crippen LogP contribution in [0.3, 0.4) is 0 Å². The Labute approximate surface area is 81.9 Å². The van der Waals surface area contributed by atoms with Gasteiger partial charge in [0.2, 0.25) is 0 Å². The van der Waals surface area contributed by atoms with E-state index in [4.69, 9.17) is 5.11 Å². The van der Waals surface area contributed by atoms with Crippen LogP contribution in [0, 0.1) is 11.8 Å². The van der Waals surface area contributed by atoms with Crippen molar-refractivity contribution in [3.05, 3.63) is 0 Å². The molecule has 13 heavy (non-hydrogen) atoms. The summed E-state index contributed by atoms with van der Waals surface area (Å²) in [4.78, 5) is 2.32. The Kier molecular flexibility index (Phi) is 4.20. The van der Waals surface area contributed by atoms with Crippen LogP contribution in [0.4, 0.5) is 0 Å². The average Bonchev–Trinajstić information content (AvgIpc) is 2.02. The molecule has 0 spiro atoms. The number of likely N-dealkylation sites (N-methyl/N-ethyl adjacent to an activating group) is 1. The molecule has 1 saturated carbocycles. The quantitative estimate of drug-likeness (QED) is 0.705. The molecule has 0 amide bonds. The van der Waals surface area contributed by atoms with E-state index >= 15 is 0 Å².